The highest BCUT2D eigenvalue weighted by Crippen LogP contribution is 2.25. The summed E-state index contributed by atoms with van der Waals surface area (Å²) in [4.78, 5) is 28.4. The molecule has 1 aliphatic rings. The molecule has 1 aliphatic carbocycles. The van der Waals surface area contributed by atoms with Gasteiger partial charge in [-0.3, -0.25) is 13.9 Å². The third-order valence-electron chi connectivity index (χ3n) is 6.71. The molecule has 1 fully saturated rings. The number of benzene rings is 2. The summed E-state index contributed by atoms with van der Waals surface area (Å²) in [7, 11) is -2.22. The molecule has 202 valence electrons. The number of halogens is 1. The quantitative estimate of drug-likeness (QED) is 0.440. The Morgan fingerprint density at radius 1 is 1.14 bits per heavy atom. The van der Waals surface area contributed by atoms with Crippen molar-refractivity contribution in [2.45, 2.75) is 64.6 Å². The van der Waals surface area contributed by atoms with E-state index in [0.717, 1.165) is 51.8 Å². The lowest BCUT2D eigenvalue weighted by molar-refractivity contribution is -0.139. The molecule has 0 aromatic heterocycles. The molecule has 2 aromatic carbocycles. The first kappa shape index (κ1) is 29.0. The number of carbonyl (C=O) groups excluding carboxylic acids is 2. The molecule has 1 saturated carbocycles. The number of nitrogens with one attached hydrogen (secondary N) is 1. The molecular formula is C27H36BrN3O5S. The summed E-state index contributed by atoms with van der Waals surface area (Å²) < 4.78 is 32.7. The van der Waals surface area contributed by atoms with E-state index in [1.54, 1.807) is 44.4 Å². The minimum absolute atomic E-state index is 0.0933. The normalized spacial score (nSPS) is 15.1. The minimum Gasteiger partial charge on any atom is -0.497 e. The van der Waals surface area contributed by atoms with E-state index in [9.17, 15) is 18.0 Å². The number of rotatable bonds is 10. The smallest absolute Gasteiger partial charge is 0.244 e. The van der Waals surface area contributed by atoms with Gasteiger partial charge in [-0.2, -0.15) is 0 Å². The fraction of sp³-hybridized carbons (Fsp3) is 0.481. The molecule has 0 spiro atoms. The second-order valence-corrected chi connectivity index (χ2v) is 12.4. The fourth-order valence-electron chi connectivity index (χ4n) is 4.52. The van der Waals surface area contributed by atoms with Gasteiger partial charge in [0.25, 0.3) is 0 Å². The predicted molar refractivity (Wildman–Crippen MR) is 149 cm³/mol. The van der Waals surface area contributed by atoms with Crippen molar-refractivity contribution in [2.75, 3.05) is 24.2 Å². The summed E-state index contributed by atoms with van der Waals surface area (Å²) in [5, 5.41) is 3.10. The first-order valence-electron chi connectivity index (χ1n) is 12.5. The largest absolute Gasteiger partial charge is 0.497 e. The highest BCUT2D eigenvalue weighted by molar-refractivity contribution is 9.10. The van der Waals surface area contributed by atoms with Crippen molar-refractivity contribution in [1.82, 2.24) is 10.2 Å². The van der Waals surface area contributed by atoms with E-state index in [1.165, 1.54) is 11.3 Å². The average molecular weight is 595 g/mol. The number of anilines is 1. The monoisotopic (exact) mass is 593 g/mol. The minimum atomic E-state index is -3.78. The molecule has 0 radical (unpaired) electrons. The maximum absolute atomic E-state index is 13.7. The molecule has 1 atom stereocenters. The van der Waals surface area contributed by atoms with Gasteiger partial charge in [-0.25, -0.2) is 8.42 Å². The molecule has 37 heavy (non-hydrogen) atoms. The van der Waals surface area contributed by atoms with Crippen LogP contribution in [0.1, 0.15) is 50.2 Å². The van der Waals surface area contributed by atoms with Gasteiger partial charge in [0.05, 0.1) is 19.1 Å². The van der Waals surface area contributed by atoms with E-state index in [0.29, 0.717) is 11.4 Å². The van der Waals surface area contributed by atoms with Crippen LogP contribution in [0, 0.1) is 6.92 Å². The molecule has 0 saturated heterocycles. The van der Waals surface area contributed by atoms with Gasteiger partial charge in [0.1, 0.15) is 18.3 Å². The van der Waals surface area contributed by atoms with Crippen LogP contribution in [0.2, 0.25) is 0 Å². The standard InChI is InChI=1S/C27H36BrN3O5S/c1-19-15-23(13-14-25(19)28)31(37(4,34)35)18-26(32)30(17-21-9-8-12-24(16-21)36-3)20(2)27(33)29-22-10-6-5-7-11-22/h8-9,12-16,20,22H,5-7,10-11,17-18H2,1-4H3,(H,29,33)/t20-/m1/s1. The Balaban J connectivity index is 1.89. The molecule has 8 nitrogen and oxygen atoms in total. The zero-order valence-electron chi connectivity index (χ0n) is 21.9. The number of carbonyl (C=O) groups is 2. The van der Waals surface area contributed by atoms with Crippen molar-refractivity contribution in [3.8, 4) is 5.75 Å². The van der Waals surface area contributed by atoms with Crippen LogP contribution in [-0.4, -0.2) is 57.1 Å². The third-order valence-corrected chi connectivity index (χ3v) is 8.74. The molecule has 2 aromatic rings. The lowest BCUT2D eigenvalue weighted by atomic mass is 9.95. The van der Waals surface area contributed by atoms with Crippen molar-refractivity contribution < 1.29 is 22.7 Å². The summed E-state index contributed by atoms with van der Waals surface area (Å²) in [6.45, 7) is 3.24. The Kier molecular flexibility index (Phi) is 10.0. The van der Waals surface area contributed by atoms with E-state index in [2.05, 4.69) is 21.2 Å². The zero-order chi connectivity index (χ0) is 27.2. The molecule has 0 aliphatic heterocycles. The van der Waals surface area contributed by atoms with Crippen LogP contribution in [0.3, 0.4) is 0 Å². The first-order valence-corrected chi connectivity index (χ1v) is 15.1. The number of hydrogen-bond donors (Lipinski definition) is 1. The van der Waals surface area contributed by atoms with E-state index >= 15 is 0 Å². The number of ether oxygens (including phenoxy) is 1. The van der Waals surface area contributed by atoms with Gasteiger partial charge in [0.2, 0.25) is 21.8 Å². The molecular weight excluding hydrogens is 558 g/mol. The van der Waals surface area contributed by atoms with Gasteiger partial charge in [0.15, 0.2) is 0 Å². The maximum Gasteiger partial charge on any atom is 0.244 e. The second kappa shape index (κ2) is 12.8. The second-order valence-electron chi connectivity index (χ2n) is 9.60. The van der Waals surface area contributed by atoms with Crippen LogP contribution in [0.25, 0.3) is 0 Å². The molecule has 10 heteroatoms. The van der Waals surface area contributed by atoms with Gasteiger partial charge in [0, 0.05) is 17.1 Å². The van der Waals surface area contributed by atoms with Gasteiger partial charge in [-0.15, -0.1) is 0 Å². The van der Waals surface area contributed by atoms with E-state index < -0.39 is 28.5 Å². The number of methoxy groups -OCH3 is 1. The molecule has 0 unspecified atom stereocenters. The SMILES string of the molecule is COc1cccc(CN(C(=O)CN(c2ccc(Br)c(C)c2)S(C)(=O)=O)[C@H](C)C(=O)NC2CCCCC2)c1. The number of hydrogen-bond acceptors (Lipinski definition) is 5. The fourth-order valence-corrected chi connectivity index (χ4v) is 5.60. The highest BCUT2D eigenvalue weighted by Gasteiger charge is 2.31. The molecule has 0 bridgehead atoms. The van der Waals surface area contributed by atoms with Crippen molar-refractivity contribution in [3.63, 3.8) is 0 Å². The maximum atomic E-state index is 13.7. The van der Waals surface area contributed by atoms with Crippen molar-refractivity contribution in [2.24, 2.45) is 0 Å². The van der Waals surface area contributed by atoms with Gasteiger partial charge < -0.3 is 15.0 Å². The topological polar surface area (TPSA) is 96.0 Å². The zero-order valence-corrected chi connectivity index (χ0v) is 24.3. The van der Waals surface area contributed by atoms with Gasteiger partial charge in [-0.1, -0.05) is 47.3 Å². The van der Waals surface area contributed by atoms with Crippen LogP contribution in [0.4, 0.5) is 5.69 Å². The van der Waals surface area contributed by atoms with E-state index in [1.807, 2.05) is 19.1 Å². The summed E-state index contributed by atoms with van der Waals surface area (Å²) in [5.41, 5.74) is 2.00. The Morgan fingerprint density at radius 3 is 2.46 bits per heavy atom. The summed E-state index contributed by atoms with van der Waals surface area (Å²) in [5.74, 6) is -0.0824. The van der Waals surface area contributed by atoms with Crippen LogP contribution >= 0.6 is 15.9 Å². The third kappa shape index (κ3) is 7.95. The molecule has 2 amide bonds. The Hall–Kier alpha value is -2.59. The van der Waals surface area contributed by atoms with Crippen LogP contribution < -0.4 is 14.4 Å². The predicted octanol–water partition coefficient (Wildman–Crippen LogP) is 4.40. The van der Waals surface area contributed by atoms with Gasteiger partial charge in [-0.05, 0) is 68.1 Å². The van der Waals surface area contributed by atoms with Crippen molar-refractivity contribution in [3.05, 3.63) is 58.1 Å². The van der Waals surface area contributed by atoms with E-state index in [-0.39, 0.29) is 18.5 Å². The first-order chi connectivity index (χ1) is 17.5. The summed E-state index contributed by atoms with van der Waals surface area (Å²) in [6.07, 6.45) is 6.23. The lowest BCUT2D eigenvalue weighted by Crippen LogP contribution is -2.53. The van der Waals surface area contributed by atoms with Gasteiger partial charge >= 0.3 is 0 Å². The number of amides is 2. The Bertz CT molecular complexity index is 1210. The highest BCUT2D eigenvalue weighted by atomic mass is 79.9. The lowest BCUT2D eigenvalue weighted by Gasteiger charge is -2.33. The van der Waals surface area contributed by atoms with Crippen LogP contribution in [0.15, 0.2) is 46.9 Å². The molecule has 1 N–H and O–H groups in total. The van der Waals surface area contributed by atoms with Crippen molar-refractivity contribution in [1.29, 1.82) is 0 Å². The molecule has 0 heterocycles. The molecule has 3 rings (SSSR count). The van der Waals surface area contributed by atoms with Crippen LogP contribution in [-0.2, 0) is 26.2 Å². The number of aryl methyl sites for hydroxylation is 1. The Labute approximate surface area is 228 Å². The average Bonchev–Trinajstić information content (AvgIpc) is 2.87. The van der Waals surface area contributed by atoms with E-state index in [4.69, 9.17) is 4.74 Å². The summed E-state index contributed by atoms with van der Waals surface area (Å²) >= 11 is 3.43. The Morgan fingerprint density at radius 2 is 1.84 bits per heavy atom. The van der Waals surface area contributed by atoms with Crippen LogP contribution in [0.5, 0.6) is 5.75 Å². The number of nitrogens with zero attached hydrogens (tertiary/aromatic N) is 2. The summed E-state index contributed by atoms with van der Waals surface area (Å²) in [6, 6.07) is 11.7. The number of sulfonamides is 1. The van der Waals surface area contributed by atoms with Crippen molar-refractivity contribution >= 4 is 43.5 Å².